The Balaban J connectivity index is 1.76. The molecule has 0 amide bonds. The molecule has 0 saturated heterocycles. The molecule has 0 unspecified atom stereocenters. The summed E-state index contributed by atoms with van der Waals surface area (Å²) >= 11 is 0. The minimum absolute atomic E-state index is 0.216. The van der Waals surface area contributed by atoms with Crippen LogP contribution in [0.25, 0.3) is 0 Å². The van der Waals surface area contributed by atoms with Gasteiger partial charge >= 0.3 is 0 Å². The minimum Gasteiger partial charge on any atom is -0.369 e. The van der Waals surface area contributed by atoms with Gasteiger partial charge in [-0.1, -0.05) is 31.9 Å². The van der Waals surface area contributed by atoms with Crippen LogP contribution in [0.4, 0.5) is 0 Å². The van der Waals surface area contributed by atoms with E-state index in [0.717, 1.165) is 36.9 Å². The summed E-state index contributed by atoms with van der Waals surface area (Å²) in [5.41, 5.74) is 2.10. The summed E-state index contributed by atoms with van der Waals surface area (Å²) < 4.78 is 7.80. The Labute approximate surface area is 109 Å². The van der Waals surface area contributed by atoms with Gasteiger partial charge in [0.1, 0.15) is 0 Å². The van der Waals surface area contributed by atoms with Gasteiger partial charge in [0.25, 0.3) is 0 Å². The molecule has 5 nitrogen and oxygen atoms in total. The molecular formula is C13H24N4O. The molecule has 0 aromatic carbocycles. The van der Waals surface area contributed by atoms with Gasteiger partial charge in [-0.05, 0) is 19.4 Å². The zero-order valence-electron chi connectivity index (χ0n) is 11.6. The van der Waals surface area contributed by atoms with E-state index in [1.807, 2.05) is 11.6 Å². The van der Waals surface area contributed by atoms with Crippen LogP contribution in [0.1, 0.15) is 38.1 Å². The lowest BCUT2D eigenvalue weighted by Crippen LogP contribution is -2.38. The monoisotopic (exact) mass is 252 g/mol. The summed E-state index contributed by atoms with van der Waals surface area (Å²) in [5, 5.41) is 11.7. The van der Waals surface area contributed by atoms with Crippen LogP contribution < -0.4 is 5.32 Å². The normalized spacial score (nSPS) is 19.2. The van der Waals surface area contributed by atoms with Crippen molar-refractivity contribution in [3.8, 4) is 0 Å². The van der Waals surface area contributed by atoms with E-state index in [9.17, 15) is 0 Å². The van der Waals surface area contributed by atoms with E-state index in [1.165, 1.54) is 12.8 Å². The van der Waals surface area contributed by atoms with Crippen molar-refractivity contribution in [3.05, 3.63) is 11.4 Å². The van der Waals surface area contributed by atoms with Crippen molar-refractivity contribution in [2.24, 2.45) is 5.92 Å². The highest BCUT2D eigenvalue weighted by molar-refractivity contribution is 5.08. The Morgan fingerprint density at radius 1 is 1.44 bits per heavy atom. The van der Waals surface area contributed by atoms with Crippen molar-refractivity contribution in [1.29, 1.82) is 0 Å². The van der Waals surface area contributed by atoms with Gasteiger partial charge in [0.15, 0.2) is 0 Å². The zero-order valence-corrected chi connectivity index (χ0v) is 11.6. The van der Waals surface area contributed by atoms with E-state index in [2.05, 4.69) is 29.5 Å². The number of rotatable bonds is 6. The fourth-order valence-corrected chi connectivity index (χ4v) is 2.34. The van der Waals surface area contributed by atoms with Crippen LogP contribution in [-0.4, -0.2) is 34.2 Å². The first kappa shape index (κ1) is 13.5. The quantitative estimate of drug-likeness (QED) is 0.834. The Kier molecular flexibility index (Phi) is 4.72. The molecule has 0 aliphatic carbocycles. The predicted octanol–water partition coefficient (Wildman–Crippen LogP) is 1.51. The summed E-state index contributed by atoms with van der Waals surface area (Å²) in [6, 6.07) is 0. The highest BCUT2D eigenvalue weighted by atomic mass is 16.5. The molecule has 0 spiro atoms. The first-order chi connectivity index (χ1) is 8.74. The number of fused-ring (bicyclic) bond motifs is 1. The van der Waals surface area contributed by atoms with Crippen molar-refractivity contribution >= 4 is 0 Å². The second kappa shape index (κ2) is 6.29. The molecule has 1 atom stereocenters. The molecule has 2 heterocycles. The van der Waals surface area contributed by atoms with Crippen molar-refractivity contribution < 1.29 is 4.74 Å². The van der Waals surface area contributed by atoms with Crippen molar-refractivity contribution in [3.63, 3.8) is 0 Å². The van der Waals surface area contributed by atoms with Crippen LogP contribution in [0, 0.1) is 12.8 Å². The SMILES string of the molecule is CCC(CC)CNC[C@@H]1Cn2nnc(C)c2CO1. The van der Waals surface area contributed by atoms with Crippen molar-refractivity contribution in [1.82, 2.24) is 20.3 Å². The second-order valence-corrected chi connectivity index (χ2v) is 5.08. The number of nitrogens with zero attached hydrogens (tertiary/aromatic N) is 3. The van der Waals surface area contributed by atoms with Gasteiger partial charge in [-0.3, -0.25) is 0 Å². The Bertz CT molecular complexity index is 373. The van der Waals surface area contributed by atoms with E-state index in [4.69, 9.17) is 4.74 Å². The Morgan fingerprint density at radius 3 is 2.94 bits per heavy atom. The molecule has 1 aromatic rings. The highest BCUT2D eigenvalue weighted by Gasteiger charge is 2.21. The van der Waals surface area contributed by atoms with Gasteiger partial charge < -0.3 is 10.1 Å². The molecule has 102 valence electrons. The molecule has 0 bridgehead atoms. The van der Waals surface area contributed by atoms with E-state index in [0.29, 0.717) is 6.61 Å². The molecule has 1 N–H and O–H groups in total. The number of aryl methyl sites for hydroxylation is 1. The fraction of sp³-hybridized carbons (Fsp3) is 0.846. The third-order valence-electron chi connectivity index (χ3n) is 3.82. The molecule has 18 heavy (non-hydrogen) atoms. The van der Waals surface area contributed by atoms with E-state index in [1.54, 1.807) is 0 Å². The number of ether oxygens (including phenoxy) is 1. The van der Waals surface area contributed by atoms with Crippen LogP contribution in [0.15, 0.2) is 0 Å². The van der Waals surface area contributed by atoms with Crippen molar-refractivity contribution in [2.75, 3.05) is 13.1 Å². The van der Waals surface area contributed by atoms with Crippen LogP contribution in [0.5, 0.6) is 0 Å². The molecular weight excluding hydrogens is 228 g/mol. The van der Waals surface area contributed by atoms with E-state index < -0.39 is 0 Å². The third-order valence-corrected chi connectivity index (χ3v) is 3.82. The second-order valence-electron chi connectivity index (χ2n) is 5.08. The van der Waals surface area contributed by atoms with Crippen LogP contribution in [0.3, 0.4) is 0 Å². The van der Waals surface area contributed by atoms with E-state index in [-0.39, 0.29) is 6.10 Å². The molecule has 2 rings (SSSR count). The van der Waals surface area contributed by atoms with Gasteiger partial charge in [0.05, 0.1) is 30.6 Å². The van der Waals surface area contributed by atoms with E-state index >= 15 is 0 Å². The highest BCUT2D eigenvalue weighted by Crippen LogP contribution is 2.14. The minimum atomic E-state index is 0.216. The number of aromatic nitrogens is 3. The Morgan fingerprint density at radius 2 is 2.22 bits per heavy atom. The Hall–Kier alpha value is -0.940. The molecule has 0 saturated carbocycles. The number of hydrogen-bond donors (Lipinski definition) is 1. The fourth-order valence-electron chi connectivity index (χ4n) is 2.34. The molecule has 1 aromatic heterocycles. The maximum absolute atomic E-state index is 5.83. The summed E-state index contributed by atoms with van der Waals surface area (Å²) in [6.45, 7) is 9.90. The largest absolute Gasteiger partial charge is 0.369 e. The predicted molar refractivity (Wildman–Crippen MR) is 70.3 cm³/mol. The molecule has 0 radical (unpaired) electrons. The lowest BCUT2D eigenvalue weighted by Gasteiger charge is -2.25. The summed E-state index contributed by atoms with van der Waals surface area (Å²) in [7, 11) is 0. The molecule has 1 aliphatic heterocycles. The first-order valence-corrected chi connectivity index (χ1v) is 6.95. The lowest BCUT2D eigenvalue weighted by molar-refractivity contribution is 0.000442. The van der Waals surface area contributed by atoms with Crippen LogP contribution in [-0.2, 0) is 17.9 Å². The van der Waals surface area contributed by atoms with Crippen LogP contribution in [0.2, 0.25) is 0 Å². The number of hydrogen-bond acceptors (Lipinski definition) is 4. The summed E-state index contributed by atoms with van der Waals surface area (Å²) in [5.74, 6) is 0.776. The van der Waals surface area contributed by atoms with Gasteiger partial charge in [0, 0.05) is 6.54 Å². The maximum atomic E-state index is 5.83. The molecule has 5 heteroatoms. The third kappa shape index (κ3) is 3.09. The average Bonchev–Trinajstić information content (AvgIpc) is 2.76. The molecule has 1 aliphatic rings. The van der Waals surface area contributed by atoms with Gasteiger partial charge in [0.2, 0.25) is 0 Å². The molecule has 0 fully saturated rings. The smallest absolute Gasteiger partial charge is 0.0909 e. The summed E-state index contributed by atoms with van der Waals surface area (Å²) in [4.78, 5) is 0. The van der Waals surface area contributed by atoms with Gasteiger partial charge in [-0.2, -0.15) is 0 Å². The standard InChI is InChI=1S/C13H24N4O/c1-4-11(5-2)6-14-7-12-8-17-13(9-18-12)10(3)15-16-17/h11-12,14H,4-9H2,1-3H3/t12-/m1/s1. The zero-order chi connectivity index (χ0) is 13.0. The van der Waals surface area contributed by atoms with Crippen molar-refractivity contribution in [2.45, 2.75) is 52.9 Å². The summed E-state index contributed by atoms with van der Waals surface area (Å²) in [6.07, 6.45) is 2.69. The number of nitrogens with one attached hydrogen (secondary N) is 1. The maximum Gasteiger partial charge on any atom is 0.0909 e. The first-order valence-electron chi connectivity index (χ1n) is 6.95. The van der Waals surface area contributed by atoms with Crippen LogP contribution >= 0.6 is 0 Å². The lowest BCUT2D eigenvalue weighted by atomic mass is 10.0. The van der Waals surface area contributed by atoms with Gasteiger partial charge in [-0.15, -0.1) is 5.10 Å². The average molecular weight is 252 g/mol. The van der Waals surface area contributed by atoms with Gasteiger partial charge in [-0.25, -0.2) is 4.68 Å². The topological polar surface area (TPSA) is 52.0 Å².